The summed E-state index contributed by atoms with van der Waals surface area (Å²) in [6.45, 7) is 7.24. The predicted octanol–water partition coefficient (Wildman–Crippen LogP) is 1.62. The first-order valence-corrected chi connectivity index (χ1v) is 4.62. The van der Waals surface area contributed by atoms with Gasteiger partial charge in [-0.25, -0.2) is 9.97 Å². The summed E-state index contributed by atoms with van der Waals surface area (Å²) in [6, 6.07) is 1.23. The van der Waals surface area contributed by atoms with Crippen LogP contribution in [0.2, 0.25) is 0 Å². The first-order valence-electron chi connectivity index (χ1n) is 4.62. The van der Waals surface area contributed by atoms with Crippen molar-refractivity contribution in [2.45, 2.75) is 6.92 Å². The molecule has 0 bridgehead atoms. The van der Waals surface area contributed by atoms with Crippen molar-refractivity contribution in [2.75, 3.05) is 25.1 Å². The summed E-state index contributed by atoms with van der Waals surface area (Å²) >= 11 is 0. The van der Waals surface area contributed by atoms with E-state index in [1.807, 2.05) is 6.92 Å². The van der Waals surface area contributed by atoms with Crippen molar-refractivity contribution in [3.8, 4) is 0 Å². The van der Waals surface area contributed by atoms with Gasteiger partial charge in [0, 0.05) is 12.6 Å². The van der Waals surface area contributed by atoms with Crippen molar-refractivity contribution in [2.24, 2.45) is 0 Å². The molecule has 15 heavy (non-hydrogen) atoms. The first-order chi connectivity index (χ1) is 7.18. The van der Waals surface area contributed by atoms with Gasteiger partial charge >= 0.3 is 0 Å². The van der Waals surface area contributed by atoms with Crippen LogP contribution in [0.3, 0.4) is 0 Å². The van der Waals surface area contributed by atoms with Gasteiger partial charge in [0.25, 0.3) is 0 Å². The third-order valence-corrected chi connectivity index (χ3v) is 1.53. The molecule has 0 saturated carbocycles. The monoisotopic (exact) mass is 211 g/mol. The number of nitrogens with one attached hydrogen (secondary N) is 1. The van der Waals surface area contributed by atoms with Gasteiger partial charge in [-0.3, -0.25) is 0 Å². The van der Waals surface area contributed by atoms with Crippen LogP contribution in [0.15, 0.2) is 24.5 Å². The largest absolute Gasteiger partial charge is 0.375 e. The van der Waals surface area contributed by atoms with E-state index in [0.717, 1.165) is 5.57 Å². The van der Waals surface area contributed by atoms with Gasteiger partial charge in [-0.1, -0.05) is 12.2 Å². The Bertz CT molecular complexity index is 330. The summed E-state index contributed by atoms with van der Waals surface area (Å²) in [5.41, 5.74) is 0.975. The van der Waals surface area contributed by atoms with Crippen LogP contribution in [0, 0.1) is 5.95 Å². The zero-order valence-corrected chi connectivity index (χ0v) is 8.66. The topological polar surface area (TPSA) is 47.0 Å². The minimum atomic E-state index is -0.546. The van der Waals surface area contributed by atoms with Crippen molar-refractivity contribution in [1.82, 2.24) is 9.97 Å². The first kappa shape index (κ1) is 11.6. The summed E-state index contributed by atoms with van der Waals surface area (Å²) in [5, 5.41) is 2.91. The van der Waals surface area contributed by atoms with E-state index in [4.69, 9.17) is 4.74 Å². The van der Waals surface area contributed by atoms with Gasteiger partial charge in [0.2, 0.25) is 5.95 Å². The maximum absolute atomic E-state index is 12.6. The van der Waals surface area contributed by atoms with Crippen molar-refractivity contribution < 1.29 is 9.13 Å². The van der Waals surface area contributed by atoms with Crippen LogP contribution in [0.1, 0.15) is 6.92 Å². The van der Waals surface area contributed by atoms with Crippen LogP contribution in [0.4, 0.5) is 10.2 Å². The number of hydrogen-bond acceptors (Lipinski definition) is 4. The number of rotatable bonds is 6. The number of anilines is 1. The van der Waals surface area contributed by atoms with E-state index in [1.165, 1.54) is 12.4 Å². The fourth-order valence-corrected chi connectivity index (χ4v) is 0.928. The molecule has 0 spiro atoms. The van der Waals surface area contributed by atoms with Gasteiger partial charge in [-0.15, -0.1) is 0 Å². The van der Waals surface area contributed by atoms with Crippen LogP contribution in [-0.2, 0) is 4.74 Å². The summed E-state index contributed by atoms with van der Waals surface area (Å²) in [6.07, 6.45) is 1.17. The highest BCUT2D eigenvalue weighted by molar-refractivity contribution is 5.31. The van der Waals surface area contributed by atoms with Crippen LogP contribution in [0.5, 0.6) is 0 Å². The molecule has 0 aliphatic carbocycles. The highest BCUT2D eigenvalue weighted by Crippen LogP contribution is 2.01. The molecule has 0 radical (unpaired) electrons. The Kier molecular flexibility index (Phi) is 4.70. The minimum Gasteiger partial charge on any atom is -0.375 e. The molecule has 1 N–H and O–H groups in total. The fraction of sp³-hybridized carbons (Fsp3) is 0.400. The lowest BCUT2D eigenvalue weighted by Gasteiger charge is -2.05. The van der Waals surface area contributed by atoms with E-state index < -0.39 is 5.95 Å². The Morgan fingerprint density at radius 2 is 2.40 bits per heavy atom. The summed E-state index contributed by atoms with van der Waals surface area (Å²) in [7, 11) is 0. The quantitative estimate of drug-likeness (QED) is 0.441. The Labute approximate surface area is 88.2 Å². The van der Waals surface area contributed by atoms with Crippen LogP contribution >= 0.6 is 0 Å². The molecule has 1 aromatic heterocycles. The zero-order chi connectivity index (χ0) is 11.1. The molecule has 1 aromatic rings. The lowest BCUT2D eigenvalue weighted by atomic mass is 10.4. The van der Waals surface area contributed by atoms with Crippen LogP contribution in [-0.4, -0.2) is 29.7 Å². The maximum Gasteiger partial charge on any atom is 0.217 e. The normalized spacial score (nSPS) is 10.0. The van der Waals surface area contributed by atoms with Crippen LogP contribution < -0.4 is 5.32 Å². The van der Waals surface area contributed by atoms with E-state index in [2.05, 4.69) is 21.9 Å². The molecule has 0 unspecified atom stereocenters. The van der Waals surface area contributed by atoms with Gasteiger partial charge < -0.3 is 10.1 Å². The van der Waals surface area contributed by atoms with E-state index in [-0.39, 0.29) is 0 Å². The number of ether oxygens (including phenoxy) is 1. The Morgan fingerprint density at radius 3 is 3.07 bits per heavy atom. The van der Waals surface area contributed by atoms with Crippen molar-refractivity contribution in [3.63, 3.8) is 0 Å². The lowest BCUT2D eigenvalue weighted by Crippen LogP contribution is -2.11. The van der Waals surface area contributed by atoms with Gasteiger partial charge in [-0.05, 0) is 6.92 Å². The van der Waals surface area contributed by atoms with Gasteiger partial charge in [0.1, 0.15) is 12.1 Å². The zero-order valence-electron chi connectivity index (χ0n) is 8.66. The SMILES string of the molecule is C=C(C)COCCNc1cc(F)ncn1. The van der Waals surface area contributed by atoms with E-state index in [1.54, 1.807) is 0 Å². The van der Waals surface area contributed by atoms with Crippen molar-refractivity contribution in [1.29, 1.82) is 0 Å². The van der Waals surface area contributed by atoms with Gasteiger partial charge in [0.15, 0.2) is 0 Å². The summed E-state index contributed by atoms with van der Waals surface area (Å²) < 4.78 is 17.9. The standard InChI is InChI=1S/C10H14FN3O/c1-8(2)6-15-4-3-12-10-5-9(11)13-7-14-10/h5,7H,1,3-4,6H2,2H3,(H,12,13,14). The second-order valence-electron chi connectivity index (χ2n) is 3.16. The Morgan fingerprint density at radius 1 is 1.60 bits per heavy atom. The molecule has 0 aromatic carbocycles. The van der Waals surface area contributed by atoms with Gasteiger partial charge in [-0.2, -0.15) is 4.39 Å². The third kappa shape index (κ3) is 5.07. The number of aromatic nitrogens is 2. The Balaban J connectivity index is 2.17. The molecule has 1 heterocycles. The van der Waals surface area contributed by atoms with Crippen LogP contribution in [0.25, 0.3) is 0 Å². The highest BCUT2D eigenvalue weighted by Gasteiger charge is 1.96. The Hall–Kier alpha value is -1.49. The molecule has 5 heteroatoms. The summed E-state index contributed by atoms with van der Waals surface area (Å²) in [5.74, 6) is -0.0863. The minimum absolute atomic E-state index is 0.460. The molecular formula is C10H14FN3O. The number of nitrogens with zero attached hydrogens (tertiary/aromatic N) is 2. The molecule has 0 aliphatic heterocycles. The maximum atomic E-state index is 12.6. The fourth-order valence-electron chi connectivity index (χ4n) is 0.928. The number of hydrogen-bond donors (Lipinski definition) is 1. The highest BCUT2D eigenvalue weighted by atomic mass is 19.1. The second kappa shape index (κ2) is 6.08. The average Bonchev–Trinajstić information content (AvgIpc) is 2.17. The molecule has 1 rings (SSSR count). The molecule has 0 aliphatic rings. The molecule has 82 valence electrons. The smallest absolute Gasteiger partial charge is 0.217 e. The average molecular weight is 211 g/mol. The van der Waals surface area contributed by atoms with Crippen molar-refractivity contribution >= 4 is 5.82 Å². The van der Waals surface area contributed by atoms with Crippen molar-refractivity contribution in [3.05, 3.63) is 30.5 Å². The van der Waals surface area contributed by atoms with E-state index >= 15 is 0 Å². The molecule has 0 atom stereocenters. The second-order valence-corrected chi connectivity index (χ2v) is 3.16. The molecule has 0 fully saturated rings. The van der Waals surface area contributed by atoms with Gasteiger partial charge in [0.05, 0.1) is 13.2 Å². The third-order valence-electron chi connectivity index (χ3n) is 1.53. The summed E-state index contributed by atoms with van der Waals surface area (Å²) in [4.78, 5) is 7.18. The molecule has 0 amide bonds. The number of halogens is 1. The molecule has 0 saturated heterocycles. The molecule has 4 nitrogen and oxygen atoms in total. The van der Waals surface area contributed by atoms with E-state index in [9.17, 15) is 4.39 Å². The predicted molar refractivity (Wildman–Crippen MR) is 56.1 cm³/mol. The lowest BCUT2D eigenvalue weighted by molar-refractivity contribution is 0.167. The van der Waals surface area contributed by atoms with E-state index in [0.29, 0.717) is 25.6 Å². The molecular weight excluding hydrogens is 197 g/mol.